The predicted octanol–water partition coefficient (Wildman–Crippen LogP) is 1.76. The number of nitrogens with zero attached hydrogens (tertiary/aromatic N) is 1. The van der Waals surface area contributed by atoms with E-state index in [1.807, 2.05) is 24.3 Å². The third-order valence-corrected chi connectivity index (χ3v) is 3.36. The maximum atomic E-state index is 9.82. The minimum absolute atomic E-state index is 0. The lowest BCUT2D eigenvalue weighted by Crippen LogP contribution is -2.25. The molecule has 0 aromatic heterocycles. The molecular weight excluding hydrogens is 266 g/mol. The number of rotatable bonds is 1. The van der Waals surface area contributed by atoms with Crippen molar-refractivity contribution in [2.24, 2.45) is 4.99 Å². The summed E-state index contributed by atoms with van der Waals surface area (Å²) in [5.41, 5.74) is 4.10. The van der Waals surface area contributed by atoms with Gasteiger partial charge in [-0.1, -0.05) is 42.0 Å². The molecule has 0 saturated carbocycles. The maximum absolute atomic E-state index is 9.82. The summed E-state index contributed by atoms with van der Waals surface area (Å²) < 4.78 is 5.69. The highest BCUT2D eigenvalue weighted by molar-refractivity contribution is 6.14. The van der Waals surface area contributed by atoms with Gasteiger partial charge in [0.15, 0.2) is 0 Å². The van der Waals surface area contributed by atoms with E-state index in [1.54, 1.807) is 0 Å². The number of benzene rings is 2. The molecule has 0 saturated heterocycles. The van der Waals surface area contributed by atoms with Crippen molar-refractivity contribution in [2.45, 2.75) is 13.0 Å². The van der Waals surface area contributed by atoms with E-state index in [4.69, 9.17) is 4.74 Å². The molecule has 0 spiro atoms. The molecule has 0 aliphatic carbocycles. The summed E-state index contributed by atoms with van der Waals surface area (Å²) in [5, 5.41) is 9.82. The normalized spacial score (nSPS) is 17.4. The zero-order valence-corrected chi connectivity index (χ0v) is 11.9. The molecule has 110 valence electrons. The number of aliphatic imine (C=N–C) groups is 1. The molecule has 1 heterocycles. The first-order chi connectivity index (χ1) is 9.74. The van der Waals surface area contributed by atoms with Gasteiger partial charge < -0.3 is 15.3 Å². The molecule has 1 unspecified atom stereocenters. The molecule has 0 radical (unpaired) electrons. The standard InChI is InChI=1S/C17H17NO2.H2O/c1-12-6-8-13(9-7-12)17-15-4-2-3-5-16(15)20-11-14(19)10-18-17;/h2-9,14,19H,10-11H2,1H3;1H2. The first kappa shape index (κ1) is 15.2. The SMILES string of the molecule is Cc1ccc(C2=NCC(O)COc3ccccc32)cc1.O. The van der Waals surface area contributed by atoms with E-state index in [0.29, 0.717) is 6.54 Å². The highest BCUT2D eigenvalue weighted by atomic mass is 16.5. The maximum Gasteiger partial charge on any atom is 0.128 e. The van der Waals surface area contributed by atoms with Gasteiger partial charge in [-0.15, -0.1) is 0 Å². The molecule has 0 amide bonds. The highest BCUT2D eigenvalue weighted by Crippen LogP contribution is 2.24. The van der Waals surface area contributed by atoms with Crippen LogP contribution in [0.25, 0.3) is 0 Å². The summed E-state index contributed by atoms with van der Waals surface area (Å²) in [5.74, 6) is 0.769. The van der Waals surface area contributed by atoms with Gasteiger partial charge in [0, 0.05) is 11.1 Å². The molecule has 2 aromatic carbocycles. The molecule has 21 heavy (non-hydrogen) atoms. The minimum atomic E-state index is -0.566. The zero-order chi connectivity index (χ0) is 13.9. The second kappa shape index (κ2) is 6.52. The van der Waals surface area contributed by atoms with Gasteiger partial charge in [0.1, 0.15) is 18.5 Å². The Labute approximate surface area is 124 Å². The van der Waals surface area contributed by atoms with Gasteiger partial charge in [-0.05, 0) is 19.1 Å². The quantitative estimate of drug-likeness (QED) is 0.867. The second-order valence-corrected chi connectivity index (χ2v) is 5.02. The van der Waals surface area contributed by atoms with Gasteiger partial charge in [-0.3, -0.25) is 4.99 Å². The largest absolute Gasteiger partial charge is 0.490 e. The van der Waals surface area contributed by atoms with Crippen molar-refractivity contribution in [2.75, 3.05) is 13.2 Å². The monoisotopic (exact) mass is 285 g/mol. The predicted molar refractivity (Wildman–Crippen MR) is 83.2 cm³/mol. The Kier molecular flexibility index (Phi) is 4.73. The van der Waals surface area contributed by atoms with Crippen LogP contribution in [-0.2, 0) is 0 Å². The summed E-state index contributed by atoms with van der Waals surface area (Å²) in [7, 11) is 0. The number of aliphatic hydroxyl groups is 1. The average Bonchev–Trinajstić information content (AvgIpc) is 2.46. The first-order valence-corrected chi connectivity index (χ1v) is 6.76. The van der Waals surface area contributed by atoms with E-state index in [1.165, 1.54) is 5.56 Å². The van der Waals surface area contributed by atoms with E-state index in [9.17, 15) is 5.11 Å². The topological polar surface area (TPSA) is 73.3 Å². The lowest BCUT2D eigenvalue weighted by molar-refractivity contribution is 0.113. The van der Waals surface area contributed by atoms with E-state index in [2.05, 4.69) is 36.2 Å². The number of ether oxygens (including phenoxy) is 1. The van der Waals surface area contributed by atoms with E-state index in [0.717, 1.165) is 22.6 Å². The molecule has 2 aromatic rings. The van der Waals surface area contributed by atoms with Crippen molar-refractivity contribution >= 4 is 5.71 Å². The molecule has 1 aliphatic heterocycles. The van der Waals surface area contributed by atoms with Gasteiger partial charge in [0.2, 0.25) is 0 Å². The molecule has 0 fully saturated rings. The number of hydrogen-bond donors (Lipinski definition) is 1. The van der Waals surface area contributed by atoms with Crippen LogP contribution in [0.4, 0.5) is 0 Å². The highest BCUT2D eigenvalue weighted by Gasteiger charge is 2.17. The molecule has 3 N–H and O–H groups in total. The smallest absolute Gasteiger partial charge is 0.128 e. The number of fused-ring (bicyclic) bond motifs is 1. The molecule has 4 heteroatoms. The van der Waals surface area contributed by atoms with E-state index < -0.39 is 6.10 Å². The van der Waals surface area contributed by atoms with Crippen LogP contribution in [0.5, 0.6) is 5.75 Å². The van der Waals surface area contributed by atoms with Gasteiger partial charge >= 0.3 is 0 Å². The Balaban J connectivity index is 0.00000161. The number of para-hydroxylation sites is 1. The Morgan fingerprint density at radius 2 is 1.81 bits per heavy atom. The molecular formula is C17H19NO3. The van der Waals surface area contributed by atoms with Gasteiger partial charge in [-0.25, -0.2) is 0 Å². The van der Waals surface area contributed by atoms with Crippen LogP contribution < -0.4 is 4.74 Å². The third-order valence-electron chi connectivity index (χ3n) is 3.36. The molecule has 4 nitrogen and oxygen atoms in total. The molecule has 1 atom stereocenters. The van der Waals surface area contributed by atoms with E-state index >= 15 is 0 Å². The number of aliphatic hydroxyl groups excluding tert-OH is 1. The van der Waals surface area contributed by atoms with Crippen LogP contribution in [0.15, 0.2) is 53.5 Å². The fourth-order valence-electron chi connectivity index (χ4n) is 2.27. The number of hydrogen-bond acceptors (Lipinski definition) is 3. The molecule has 0 bridgehead atoms. The minimum Gasteiger partial charge on any atom is -0.490 e. The average molecular weight is 285 g/mol. The first-order valence-electron chi connectivity index (χ1n) is 6.76. The zero-order valence-electron chi connectivity index (χ0n) is 11.9. The Morgan fingerprint density at radius 3 is 2.57 bits per heavy atom. The fourth-order valence-corrected chi connectivity index (χ4v) is 2.27. The summed E-state index contributed by atoms with van der Waals surface area (Å²) in [4.78, 5) is 4.59. The second-order valence-electron chi connectivity index (χ2n) is 5.02. The van der Waals surface area contributed by atoms with Crippen LogP contribution in [0.1, 0.15) is 16.7 Å². The lowest BCUT2D eigenvalue weighted by atomic mass is 10.00. The van der Waals surface area contributed by atoms with Gasteiger partial charge in [0.25, 0.3) is 0 Å². The van der Waals surface area contributed by atoms with Crippen molar-refractivity contribution in [1.29, 1.82) is 0 Å². The van der Waals surface area contributed by atoms with Crippen LogP contribution in [0.2, 0.25) is 0 Å². The number of aryl methyl sites for hydroxylation is 1. The summed E-state index contributed by atoms with van der Waals surface area (Å²) >= 11 is 0. The van der Waals surface area contributed by atoms with Crippen LogP contribution in [0, 0.1) is 6.92 Å². The fraction of sp³-hybridized carbons (Fsp3) is 0.235. The summed E-state index contributed by atoms with van der Waals surface area (Å²) in [6.45, 7) is 2.70. The van der Waals surface area contributed by atoms with Crippen LogP contribution in [-0.4, -0.2) is 35.6 Å². The van der Waals surface area contributed by atoms with Crippen LogP contribution >= 0.6 is 0 Å². The van der Waals surface area contributed by atoms with Crippen molar-refractivity contribution < 1.29 is 15.3 Å². The summed E-state index contributed by atoms with van der Waals surface area (Å²) in [6, 6.07) is 16.1. The Morgan fingerprint density at radius 1 is 1.10 bits per heavy atom. The Bertz CT molecular complexity index is 635. The van der Waals surface area contributed by atoms with Crippen molar-refractivity contribution in [1.82, 2.24) is 0 Å². The van der Waals surface area contributed by atoms with Crippen molar-refractivity contribution in [3.63, 3.8) is 0 Å². The lowest BCUT2D eigenvalue weighted by Gasteiger charge is -2.19. The van der Waals surface area contributed by atoms with Crippen molar-refractivity contribution in [3.05, 3.63) is 65.2 Å². The summed E-state index contributed by atoms with van der Waals surface area (Å²) in [6.07, 6.45) is -0.566. The molecule has 3 rings (SSSR count). The van der Waals surface area contributed by atoms with Gasteiger partial charge in [-0.2, -0.15) is 0 Å². The van der Waals surface area contributed by atoms with Crippen LogP contribution in [0.3, 0.4) is 0 Å². The third kappa shape index (κ3) is 3.29. The van der Waals surface area contributed by atoms with E-state index in [-0.39, 0.29) is 12.1 Å². The Hall–Kier alpha value is -2.17. The van der Waals surface area contributed by atoms with Crippen molar-refractivity contribution in [3.8, 4) is 5.75 Å². The van der Waals surface area contributed by atoms with Gasteiger partial charge in [0.05, 0.1) is 12.3 Å². The molecule has 1 aliphatic rings.